The van der Waals surface area contributed by atoms with E-state index in [0.29, 0.717) is 30.0 Å². The molecule has 0 unspecified atom stereocenters. The number of carbonyl (C=O) groups excluding carboxylic acids is 2. The van der Waals surface area contributed by atoms with Crippen molar-refractivity contribution in [2.45, 2.75) is 75.9 Å². The van der Waals surface area contributed by atoms with Gasteiger partial charge in [-0.25, -0.2) is 0 Å². The maximum Gasteiger partial charge on any atom is 0.248 e. The van der Waals surface area contributed by atoms with Gasteiger partial charge in [-0.3, -0.25) is 9.59 Å². The van der Waals surface area contributed by atoms with Crippen molar-refractivity contribution in [2.24, 2.45) is 5.41 Å². The molecule has 7 nitrogen and oxygen atoms in total. The second kappa shape index (κ2) is 6.00. The largest absolute Gasteiger partial charge is 0.481 e. The Labute approximate surface area is 194 Å². The van der Waals surface area contributed by atoms with Crippen molar-refractivity contribution in [3.05, 3.63) is 42.0 Å². The van der Waals surface area contributed by atoms with E-state index in [9.17, 15) is 14.7 Å². The zero-order valence-electron chi connectivity index (χ0n) is 19.6. The highest BCUT2D eigenvalue weighted by molar-refractivity contribution is 6.00. The number of nitrogens with zero attached hydrogens (tertiary/aromatic N) is 2. The van der Waals surface area contributed by atoms with Crippen molar-refractivity contribution >= 4 is 23.6 Å². The Bertz CT molecular complexity index is 1150. The average molecular weight is 450 g/mol. The fourth-order valence-corrected chi connectivity index (χ4v) is 6.81. The van der Waals surface area contributed by atoms with E-state index in [-0.39, 0.29) is 18.2 Å². The highest BCUT2D eigenvalue weighted by atomic mass is 16.5. The van der Waals surface area contributed by atoms with Crippen LogP contribution in [0.3, 0.4) is 0 Å². The van der Waals surface area contributed by atoms with Gasteiger partial charge in [0.15, 0.2) is 11.4 Å². The van der Waals surface area contributed by atoms with E-state index < -0.39 is 34.4 Å². The lowest BCUT2D eigenvalue weighted by Gasteiger charge is -2.54. The number of rotatable bonds is 2. The summed E-state index contributed by atoms with van der Waals surface area (Å²) in [5.41, 5.74) is -1.75. The van der Waals surface area contributed by atoms with Gasteiger partial charge >= 0.3 is 0 Å². The fourth-order valence-electron chi connectivity index (χ4n) is 6.81. The number of nitrogens with one attached hydrogen (secondary N) is 1. The molecular formula is C26H31N3O4. The summed E-state index contributed by atoms with van der Waals surface area (Å²) in [4.78, 5) is 30.8. The molecule has 5 aliphatic heterocycles. The van der Waals surface area contributed by atoms with Crippen LogP contribution in [-0.2, 0) is 15.2 Å². The Morgan fingerprint density at radius 1 is 1.24 bits per heavy atom. The number of fused-ring (bicyclic) bond motifs is 8. The minimum Gasteiger partial charge on any atom is -0.481 e. The van der Waals surface area contributed by atoms with Gasteiger partial charge in [-0.1, -0.05) is 38.1 Å². The molecule has 174 valence electrons. The normalized spacial score (nSPS) is 35.3. The van der Waals surface area contributed by atoms with Gasteiger partial charge in [-0.15, -0.1) is 6.58 Å². The van der Waals surface area contributed by atoms with Crippen molar-refractivity contribution in [2.75, 3.05) is 11.9 Å². The summed E-state index contributed by atoms with van der Waals surface area (Å²) in [5.74, 6) is 0.496. The van der Waals surface area contributed by atoms with Crippen LogP contribution < -0.4 is 10.1 Å². The molecule has 3 saturated heterocycles. The molecule has 6 rings (SSSR count). The first-order valence-electron chi connectivity index (χ1n) is 11.8. The predicted molar refractivity (Wildman–Crippen MR) is 124 cm³/mol. The van der Waals surface area contributed by atoms with Crippen molar-refractivity contribution < 1.29 is 19.4 Å². The number of hydrogen-bond donors (Lipinski definition) is 2. The highest BCUT2D eigenvalue weighted by Crippen LogP contribution is 2.65. The standard InChI is InChI=1S/C26H31N3O4/c1-6-23(2,3)26-25(32,14-18-21(30)28-13-7-8-17(28)22(31)29(18)26)16-10-9-15-11-12-24(4,5)33-20(15)19(16)27-26/h6,9-12,17-18,27,32H,1,7-8,13-14H2,2-5H3/t17-,18-,25+,26-/m0/s1. The number of benzene rings is 1. The summed E-state index contributed by atoms with van der Waals surface area (Å²) < 4.78 is 6.35. The number of ether oxygens (including phenoxy) is 1. The van der Waals surface area contributed by atoms with E-state index in [0.717, 1.165) is 12.0 Å². The van der Waals surface area contributed by atoms with Crippen LogP contribution in [0.4, 0.5) is 5.69 Å². The maximum absolute atomic E-state index is 13.9. The summed E-state index contributed by atoms with van der Waals surface area (Å²) in [6.45, 7) is 12.5. The lowest BCUT2D eigenvalue weighted by Crippen LogP contribution is -2.73. The van der Waals surface area contributed by atoms with E-state index >= 15 is 0 Å². The number of amides is 2. The Morgan fingerprint density at radius 3 is 2.73 bits per heavy atom. The quantitative estimate of drug-likeness (QED) is 0.679. The van der Waals surface area contributed by atoms with E-state index in [4.69, 9.17) is 4.74 Å². The molecule has 33 heavy (non-hydrogen) atoms. The summed E-state index contributed by atoms with van der Waals surface area (Å²) in [5, 5.41) is 16.1. The lowest BCUT2D eigenvalue weighted by atomic mass is 9.68. The second-order valence-corrected chi connectivity index (χ2v) is 11.2. The van der Waals surface area contributed by atoms with Crippen LogP contribution in [0, 0.1) is 5.41 Å². The highest BCUT2D eigenvalue weighted by Gasteiger charge is 2.76. The van der Waals surface area contributed by atoms with Crippen LogP contribution in [0.5, 0.6) is 5.75 Å². The van der Waals surface area contributed by atoms with E-state index in [1.165, 1.54) is 0 Å². The third-order valence-electron chi connectivity index (χ3n) is 8.52. The smallest absolute Gasteiger partial charge is 0.248 e. The van der Waals surface area contributed by atoms with Gasteiger partial charge in [-0.2, -0.15) is 0 Å². The Balaban J connectivity index is 1.60. The Morgan fingerprint density at radius 2 is 2.00 bits per heavy atom. The van der Waals surface area contributed by atoms with Gasteiger partial charge in [0.05, 0.1) is 5.69 Å². The van der Waals surface area contributed by atoms with Gasteiger partial charge in [0.2, 0.25) is 11.8 Å². The Kier molecular flexibility index (Phi) is 3.78. The molecule has 5 aliphatic rings. The molecule has 3 fully saturated rings. The van der Waals surface area contributed by atoms with Crippen LogP contribution in [0.15, 0.2) is 30.9 Å². The molecule has 4 atom stereocenters. The molecule has 0 spiro atoms. The molecule has 7 heteroatoms. The molecule has 0 radical (unpaired) electrons. The lowest BCUT2D eigenvalue weighted by molar-refractivity contribution is -0.169. The Hall–Kier alpha value is -2.80. The first kappa shape index (κ1) is 20.8. The number of piperazine rings is 1. The number of hydrogen-bond acceptors (Lipinski definition) is 5. The monoisotopic (exact) mass is 449 g/mol. The summed E-state index contributed by atoms with van der Waals surface area (Å²) in [7, 11) is 0. The summed E-state index contributed by atoms with van der Waals surface area (Å²) >= 11 is 0. The first-order chi connectivity index (χ1) is 15.5. The molecule has 0 saturated carbocycles. The number of carbonyl (C=O) groups is 2. The molecule has 5 heterocycles. The third-order valence-corrected chi connectivity index (χ3v) is 8.52. The molecule has 0 bridgehead atoms. The van der Waals surface area contributed by atoms with Crippen LogP contribution in [0.2, 0.25) is 0 Å². The second-order valence-electron chi connectivity index (χ2n) is 11.2. The molecule has 2 amide bonds. The third kappa shape index (κ3) is 2.24. The summed E-state index contributed by atoms with van der Waals surface area (Å²) in [6, 6.07) is 2.66. The molecular weight excluding hydrogens is 418 g/mol. The van der Waals surface area contributed by atoms with Crippen molar-refractivity contribution in [3.8, 4) is 5.75 Å². The summed E-state index contributed by atoms with van der Waals surface area (Å²) in [6.07, 6.45) is 7.42. The van der Waals surface area contributed by atoms with Crippen LogP contribution in [-0.4, -0.2) is 56.6 Å². The van der Waals surface area contributed by atoms with Crippen molar-refractivity contribution in [1.82, 2.24) is 9.80 Å². The average Bonchev–Trinajstić information content (AvgIpc) is 3.41. The van der Waals surface area contributed by atoms with Gasteiger partial charge < -0.3 is 25.0 Å². The zero-order chi connectivity index (χ0) is 23.6. The maximum atomic E-state index is 13.9. The number of aliphatic hydroxyl groups is 1. The zero-order valence-corrected chi connectivity index (χ0v) is 19.6. The van der Waals surface area contributed by atoms with Gasteiger partial charge in [0.25, 0.3) is 0 Å². The molecule has 2 N–H and O–H groups in total. The minimum absolute atomic E-state index is 0.0687. The first-order valence-corrected chi connectivity index (χ1v) is 11.8. The van der Waals surface area contributed by atoms with Crippen LogP contribution in [0.1, 0.15) is 58.1 Å². The topological polar surface area (TPSA) is 82.1 Å². The minimum atomic E-state index is -1.49. The SMILES string of the molecule is C=CC(C)(C)[C@@]12Nc3c(ccc4c3OC(C)(C)C=C4)[C@]1(O)C[C@H]1C(=O)N3CCC[C@H]3C(=O)N12. The van der Waals surface area contributed by atoms with E-state index in [1.807, 2.05) is 52.0 Å². The molecule has 0 aromatic heterocycles. The van der Waals surface area contributed by atoms with E-state index in [1.54, 1.807) is 15.9 Å². The molecule has 1 aromatic rings. The molecule has 1 aromatic carbocycles. The van der Waals surface area contributed by atoms with Crippen LogP contribution in [0.25, 0.3) is 6.08 Å². The number of anilines is 1. The molecule has 0 aliphatic carbocycles. The fraction of sp³-hybridized carbons (Fsp3) is 0.538. The van der Waals surface area contributed by atoms with Gasteiger partial charge in [0, 0.05) is 29.5 Å². The predicted octanol–water partition coefficient (Wildman–Crippen LogP) is 3.00. The van der Waals surface area contributed by atoms with Crippen LogP contribution >= 0.6 is 0 Å². The van der Waals surface area contributed by atoms with E-state index in [2.05, 4.69) is 11.9 Å². The van der Waals surface area contributed by atoms with Gasteiger partial charge in [0.1, 0.15) is 23.3 Å². The van der Waals surface area contributed by atoms with Gasteiger partial charge in [-0.05, 0) is 32.8 Å². The van der Waals surface area contributed by atoms with Crippen molar-refractivity contribution in [3.63, 3.8) is 0 Å². The van der Waals surface area contributed by atoms with Crippen molar-refractivity contribution in [1.29, 1.82) is 0 Å².